The van der Waals surface area contributed by atoms with Crippen molar-refractivity contribution in [3.63, 3.8) is 0 Å². The molecule has 0 spiro atoms. The summed E-state index contributed by atoms with van der Waals surface area (Å²) in [5.74, 6) is 0.781. The molecule has 64 heavy (non-hydrogen) atoms. The summed E-state index contributed by atoms with van der Waals surface area (Å²) in [6.07, 6.45) is 24.9. The Balaban J connectivity index is -0.0000000631. The van der Waals surface area contributed by atoms with Crippen molar-refractivity contribution in [2.75, 3.05) is 28.4 Å². The first kappa shape index (κ1) is 87.6. The Hall–Kier alpha value is -3.30. The molecule has 0 aliphatic heterocycles. The van der Waals surface area contributed by atoms with Crippen LogP contribution in [0.3, 0.4) is 0 Å². The molecule has 0 radical (unpaired) electrons. The molecule has 1 aromatic rings. The van der Waals surface area contributed by atoms with Crippen LogP contribution in [-0.2, 0) is 44.5 Å². The molecule has 0 N–H and O–H groups in total. The molecular formula is C56H112O8. The van der Waals surface area contributed by atoms with Gasteiger partial charge in [-0.1, -0.05) is 140 Å². The van der Waals surface area contributed by atoms with Crippen LogP contribution >= 0.6 is 0 Å². The minimum absolute atomic E-state index is 0. The Morgan fingerprint density at radius 3 is 1.05 bits per heavy atom. The zero-order valence-corrected chi connectivity index (χ0v) is 36.8. The molecule has 4 atom stereocenters. The first-order chi connectivity index (χ1) is 26.8. The average Bonchev–Trinajstić information content (AvgIpc) is 3.17. The Labute approximate surface area is 401 Å². The minimum Gasteiger partial charge on any atom is -0.381 e. The second-order valence-corrected chi connectivity index (χ2v) is 14.3. The topological polar surface area (TPSA) is 105 Å². The van der Waals surface area contributed by atoms with E-state index in [0.717, 1.165) is 76.2 Å². The fourth-order valence-electron chi connectivity index (χ4n) is 5.62. The van der Waals surface area contributed by atoms with Gasteiger partial charge in [0.25, 0.3) is 0 Å². The second kappa shape index (κ2) is 64.0. The molecule has 0 fully saturated rings. The van der Waals surface area contributed by atoms with E-state index in [1.807, 2.05) is 24.3 Å². The number of benzene rings is 1. The summed E-state index contributed by atoms with van der Waals surface area (Å²) in [5, 5.41) is 0. The van der Waals surface area contributed by atoms with E-state index in [1.165, 1.54) is 24.8 Å². The first-order valence-corrected chi connectivity index (χ1v) is 20.4. The second-order valence-electron chi connectivity index (χ2n) is 14.3. The highest BCUT2D eigenvalue weighted by Gasteiger charge is 2.12. The number of hydrogen-bond donors (Lipinski definition) is 0. The molecule has 8 nitrogen and oxygen atoms in total. The maximum absolute atomic E-state index is 11.0. The predicted molar refractivity (Wildman–Crippen MR) is 289 cm³/mol. The smallest absolute Gasteiger partial charge is 0.132 e. The van der Waals surface area contributed by atoms with Crippen LogP contribution in [0.2, 0.25) is 0 Å². The van der Waals surface area contributed by atoms with Crippen molar-refractivity contribution in [3.05, 3.63) is 79.9 Å². The van der Waals surface area contributed by atoms with E-state index >= 15 is 0 Å². The predicted octanol–water partition coefficient (Wildman–Crippen LogP) is 16.5. The maximum atomic E-state index is 11.0. The van der Waals surface area contributed by atoms with Crippen LogP contribution in [0.25, 0.3) is 6.08 Å². The Morgan fingerprint density at radius 2 is 0.734 bits per heavy atom. The van der Waals surface area contributed by atoms with Gasteiger partial charge in [0, 0.05) is 54.1 Å². The molecule has 0 aliphatic carbocycles. The van der Waals surface area contributed by atoms with Gasteiger partial charge >= 0.3 is 0 Å². The van der Waals surface area contributed by atoms with Gasteiger partial charge in [0.1, 0.15) is 23.1 Å². The van der Waals surface area contributed by atoms with E-state index < -0.39 is 0 Å². The van der Waals surface area contributed by atoms with Crippen molar-refractivity contribution in [1.82, 2.24) is 0 Å². The summed E-state index contributed by atoms with van der Waals surface area (Å²) in [5.41, 5.74) is 2.39. The average molecular weight is 914 g/mol. The third kappa shape index (κ3) is 63.0. The summed E-state index contributed by atoms with van der Waals surface area (Å²) in [6, 6.07) is 8.29. The number of Topliss-reactive ketones (excluding diaryl/α,β-unsaturated/α-hetero) is 4. The lowest BCUT2D eigenvalue weighted by atomic mass is 10.0. The fourth-order valence-corrected chi connectivity index (χ4v) is 5.62. The van der Waals surface area contributed by atoms with Gasteiger partial charge in [0.2, 0.25) is 0 Å². The Kier molecular flexibility index (Phi) is 87.6. The van der Waals surface area contributed by atoms with Gasteiger partial charge in [0.15, 0.2) is 0 Å². The summed E-state index contributed by atoms with van der Waals surface area (Å²) in [6.45, 7) is 21.1. The third-order valence-electron chi connectivity index (χ3n) is 8.93. The molecule has 0 amide bonds. The summed E-state index contributed by atoms with van der Waals surface area (Å²) in [7, 11) is 6.65. The van der Waals surface area contributed by atoms with Gasteiger partial charge in [-0.15, -0.1) is 19.7 Å². The summed E-state index contributed by atoms with van der Waals surface area (Å²) in [4.78, 5) is 43.4. The molecule has 1 rings (SSSR count). The van der Waals surface area contributed by atoms with Gasteiger partial charge in [0.05, 0.1) is 24.4 Å². The van der Waals surface area contributed by atoms with Crippen LogP contribution in [0.15, 0.2) is 68.8 Å². The van der Waals surface area contributed by atoms with Gasteiger partial charge < -0.3 is 18.9 Å². The van der Waals surface area contributed by atoms with Crippen molar-refractivity contribution >= 4 is 29.2 Å². The van der Waals surface area contributed by atoms with Crippen LogP contribution in [0.1, 0.15) is 207 Å². The number of ketones is 4. The van der Waals surface area contributed by atoms with Crippen LogP contribution in [0.4, 0.5) is 0 Å². The third-order valence-corrected chi connectivity index (χ3v) is 8.93. The standard InChI is InChI=1S/C15H20O2.C13H24O2.C11H20O2.C9H16O2.8CH4/c1-4-13-5-7-14(8-6-13)9-10-15(17-3)11-12(2)16;1-4-5-6-7-8-9-10-13(15-3)11-12(2)14;1-4-5-6-7-8-11(13-3)9-10(2)12;1-4-5-6-9(11-3)7-8(2)10;;;;;;;;/h4-8,15H,1,9-11H2,2-3H3;4,13H,1,5-11H2,2-3H3;4,11H,1,5-9H2,2-3H3;4,9H,1,5-7H2,2-3H3;8*1H4. The lowest BCUT2D eigenvalue weighted by molar-refractivity contribution is -0.120. The van der Waals surface area contributed by atoms with E-state index in [4.69, 9.17) is 18.9 Å². The summed E-state index contributed by atoms with van der Waals surface area (Å²) >= 11 is 0. The molecular weight excluding hydrogens is 801 g/mol. The normalized spacial score (nSPS) is 10.8. The number of rotatable bonds is 31. The van der Waals surface area contributed by atoms with Crippen molar-refractivity contribution in [3.8, 4) is 0 Å². The number of unbranched alkanes of at least 4 members (excludes halogenated alkanes) is 6. The Morgan fingerprint density at radius 1 is 0.438 bits per heavy atom. The van der Waals surface area contributed by atoms with E-state index in [2.05, 4.69) is 50.6 Å². The van der Waals surface area contributed by atoms with E-state index in [-0.39, 0.29) is 107 Å². The first-order valence-electron chi connectivity index (χ1n) is 20.4. The highest BCUT2D eigenvalue weighted by Crippen LogP contribution is 2.14. The number of ether oxygens (including phenoxy) is 4. The van der Waals surface area contributed by atoms with E-state index in [0.29, 0.717) is 25.7 Å². The molecule has 0 saturated carbocycles. The van der Waals surface area contributed by atoms with Gasteiger partial charge in [-0.05, 0) is 103 Å². The lowest BCUT2D eigenvalue weighted by Gasteiger charge is -2.13. The fraction of sp³-hybridized carbons (Fsp3) is 0.679. The van der Waals surface area contributed by atoms with Crippen LogP contribution in [-0.4, -0.2) is 76.0 Å². The quantitative estimate of drug-likeness (QED) is 0.0536. The summed E-state index contributed by atoms with van der Waals surface area (Å²) < 4.78 is 20.8. The molecule has 0 aliphatic rings. The van der Waals surface area contributed by atoms with Gasteiger partial charge in [-0.25, -0.2) is 0 Å². The van der Waals surface area contributed by atoms with Crippen molar-refractivity contribution in [2.45, 2.75) is 227 Å². The zero-order valence-electron chi connectivity index (χ0n) is 36.8. The molecule has 0 aromatic heterocycles. The van der Waals surface area contributed by atoms with Gasteiger partial charge in [-0.2, -0.15) is 0 Å². The number of hydrogen-bond acceptors (Lipinski definition) is 8. The molecule has 0 bridgehead atoms. The lowest BCUT2D eigenvalue weighted by Crippen LogP contribution is -2.15. The van der Waals surface area contributed by atoms with Crippen LogP contribution < -0.4 is 0 Å². The molecule has 1 aromatic carbocycles. The van der Waals surface area contributed by atoms with Crippen molar-refractivity contribution in [1.29, 1.82) is 0 Å². The van der Waals surface area contributed by atoms with Crippen molar-refractivity contribution in [2.24, 2.45) is 0 Å². The molecule has 8 heteroatoms. The number of aryl methyl sites for hydroxylation is 1. The molecule has 4 unspecified atom stereocenters. The number of carbonyl (C=O) groups is 4. The van der Waals surface area contributed by atoms with E-state index in [9.17, 15) is 19.2 Å². The SMILES string of the molecule is C.C.C.C.C.C.C.C.C=CCCC(CC(C)=O)OC.C=CCCCCC(CC(C)=O)OC.C=CCCCCCCC(CC(C)=O)OC.C=Cc1ccc(CCC(CC(C)=O)OC)cc1. The highest BCUT2D eigenvalue weighted by molar-refractivity contribution is 5.77. The highest BCUT2D eigenvalue weighted by atomic mass is 16.5. The van der Waals surface area contributed by atoms with E-state index in [1.54, 1.807) is 56.1 Å². The molecule has 0 saturated heterocycles. The Bertz CT molecular complexity index is 1170. The van der Waals surface area contributed by atoms with Crippen molar-refractivity contribution < 1.29 is 38.1 Å². The minimum atomic E-state index is 0. The number of allylic oxidation sites excluding steroid dienone is 3. The monoisotopic (exact) mass is 913 g/mol. The van der Waals surface area contributed by atoms with Gasteiger partial charge in [-0.3, -0.25) is 19.2 Å². The largest absolute Gasteiger partial charge is 0.381 e. The zero-order chi connectivity index (χ0) is 43.0. The maximum Gasteiger partial charge on any atom is 0.132 e. The number of carbonyl (C=O) groups excluding carboxylic acids is 4. The van der Waals surface area contributed by atoms with Crippen LogP contribution in [0.5, 0.6) is 0 Å². The number of methoxy groups -OCH3 is 4. The molecule has 0 heterocycles. The molecule has 384 valence electrons. The van der Waals surface area contributed by atoms with Crippen LogP contribution in [0, 0.1) is 0 Å².